The van der Waals surface area contributed by atoms with Crippen LogP contribution in [0.3, 0.4) is 0 Å². The van der Waals surface area contributed by atoms with Gasteiger partial charge in [-0.15, -0.1) is 0 Å². The summed E-state index contributed by atoms with van der Waals surface area (Å²) in [7, 11) is -2.66. The van der Waals surface area contributed by atoms with Crippen molar-refractivity contribution in [2.45, 2.75) is 41.7 Å². The van der Waals surface area contributed by atoms with E-state index in [4.69, 9.17) is 4.74 Å². The van der Waals surface area contributed by atoms with Gasteiger partial charge in [0, 0.05) is 25.1 Å². The number of ether oxygens (including phenoxy) is 1. The van der Waals surface area contributed by atoms with Crippen LogP contribution in [0, 0.1) is 0 Å². The zero-order chi connectivity index (χ0) is 18.9. The third-order valence-corrected chi connectivity index (χ3v) is 6.87. The minimum absolute atomic E-state index is 0.199. The number of sulfone groups is 1. The van der Waals surface area contributed by atoms with Gasteiger partial charge in [-0.05, 0) is 37.0 Å². The van der Waals surface area contributed by atoms with Crippen LogP contribution in [0.2, 0.25) is 0 Å². The highest BCUT2D eigenvalue weighted by molar-refractivity contribution is 7.92. The molecule has 3 rings (SSSR count). The molecule has 0 spiro atoms. The van der Waals surface area contributed by atoms with Crippen LogP contribution in [-0.4, -0.2) is 36.8 Å². The fraction of sp³-hybridized carbons (Fsp3) is 0.412. The van der Waals surface area contributed by atoms with Gasteiger partial charge in [-0.1, -0.05) is 6.07 Å². The van der Waals surface area contributed by atoms with Crippen molar-refractivity contribution in [2.75, 3.05) is 7.11 Å². The zero-order valence-corrected chi connectivity index (χ0v) is 14.7. The van der Waals surface area contributed by atoms with Crippen LogP contribution in [0.25, 0.3) is 11.1 Å². The lowest BCUT2D eigenvalue weighted by Crippen LogP contribution is -2.23. The van der Waals surface area contributed by atoms with E-state index < -0.39 is 31.7 Å². The molecule has 0 aliphatic heterocycles. The molecule has 0 amide bonds. The number of benzene rings is 1. The van der Waals surface area contributed by atoms with Gasteiger partial charge >= 0.3 is 6.18 Å². The Morgan fingerprint density at radius 2 is 1.81 bits per heavy atom. The van der Waals surface area contributed by atoms with Crippen LogP contribution in [0.15, 0.2) is 41.8 Å². The van der Waals surface area contributed by atoms with E-state index in [1.165, 1.54) is 31.9 Å². The summed E-state index contributed by atoms with van der Waals surface area (Å²) in [6, 6.07) is 3.22. The predicted octanol–water partition coefficient (Wildman–Crippen LogP) is 3.50. The van der Waals surface area contributed by atoms with Gasteiger partial charge in [-0.2, -0.15) is 13.2 Å². The first kappa shape index (κ1) is 18.8. The Morgan fingerprint density at radius 1 is 1.12 bits per heavy atom. The van der Waals surface area contributed by atoms with Crippen molar-refractivity contribution in [3.8, 4) is 11.1 Å². The highest BCUT2D eigenvalue weighted by Gasteiger charge is 2.42. The quantitative estimate of drug-likeness (QED) is 0.804. The first-order chi connectivity index (χ1) is 12.2. The smallest absolute Gasteiger partial charge is 0.381 e. The fourth-order valence-electron chi connectivity index (χ4n) is 3.20. The Hall–Kier alpha value is -2.00. The van der Waals surface area contributed by atoms with Gasteiger partial charge in [-0.3, -0.25) is 0 Å². The Morgan fingerprint density at radius 3 is 2.38 bits per heavy atom. The van der Waals surface area contributed by atoms with Gasteiger partial charge < -0.3 is 4.74 Å². The summed E-state index contributed by atoms with van der Waals surface area (Å²) in [6.07, 6.45) is -0.0389. The van der Waals surface area contributed by atoms with Crippen molar-refractivity contribution >= 4 is 9.84 Å². The number of hydrogen-bond acceptors (Lipinski definition) is 5. The van der Waals surface area contributed by atoms with Crippen molar-refractivity contribution in [1.82, 2.24) is 9.97 Å². The molecule has 1 fully saturated rings. The van der Waals surface area contributed by atoms with Crippen LogP contribution < -0.4 is 0 Å². The third-order valence-electron chi connectivity index (χ3n) is 4.59. The second-order valence-electron chi connectivity index (χ2n) is 6.17. The van der Waals surface area contributed by atoms with Gasteiger partial charge in [0.05, 0.1) is 21.8 Å². The number of halogens is 3. The highest BCUT2D eigenvalue weighted by atomic mass is 32.2. The summed E-state index contributed by atoms with van der Waals surface area (Å²) in [4.78, 5) is 6.87. The van der Waals surface area contributed by atoms with Gasteiger partial charge in [0.1, 0.15) is 6.33 Å². The molecule has 0 bridgehead atoms. The first-order valence-corrected chi connectivity index (χ1v) is 9.51. The third kappa shape index (κ3) is 3.59. The molecule has 26 heavy (non-hydrogen) atoms. The van der Waals surface area contributed by atoms with Crippen LogP contribution in [-0.2, 0) is 20.8 Å². The van der Waals surface area contributed by atoms with Crippen LogP contribution >= 0.6 is 0 Å². The number of hydrogen-bond donors (Lipinski definition) is 0. The zero-order valence-electron chi connectivity index (χ0n) is 13.9. The van der Waals surface area contributed by atoms with Crippen LogP contribution in [0.1, 0.15) is 24.8 Å². The molecule has 5 nitrogen and oxygen atoms in total. The number of aromatic nitrogens is 2. The molecular weight excluding hydrogens is 369 g/mol. The standard InChI is InChI=1S/C17H17F3N2O3S/c1-25-13-3-4-14(7-13)26(23,24)16-5-2-11(6-15(16)17(18,19)20)12-8-21-10-22-9-12/h2,5-6,8-10,13-14H,3-4,7H2,1H3/t13-,14-/m1/s1. The molecule has 0 N–H and O–H groups in total. The van der Waals surface area contributed by atoms with E-state index in [1.807, 2.05) is 0 Å². The number of methoxy groups -OCH3 is 1. The lowest BCUT2D eigenvalue weighted by Gasteiger charge is -2.18. The maximum absolute atomic E-state index is 13.6. The van der Waals surface area contributed by atoms with E-state index >= 15 is 0 Å². The minimum atomic E-state index is -4.80. The van der Waals surface area contributed by atoms with Gasteiger partial charge in [-0.25, -0.2) is 18.4 Å². The monoisotopic (exact) mass is 386 g/mol. The van der Waals surface area contributed by atoms with Gasteiger partial charge in [0.15, 0.2) is 9.84 Å². The summed E-state index contributed by atoms with van der Waals surface area (Å²) in [5, 5.41) is -0.876. The molecule has 1 aromatic carbocycles. The molecule has 9 heteroatoms. The van der Waals surface area contributed by atoms with Crippen molar-refractivity contribution in [3.05, 3.63) is 42.5 Å². The van der Waals surface area contributed by atoms with E-state index in [2.05, 4.69) is 9.97 Å². The van der Waals surface area contributed by atoms with E-state index in [0.29, 0.717) is 12.0 Å². The maximum atomic E-state index is 13.6. The molecule has 0 radical (unpaired) electrons. The molecule has 1 aliphatic carbocycles. The van der Waals surface area contributed by atoms with E-state index in [0.717, 1.165) is 12.1 Å². The molecule has 2 atom stereocenters. The fourth-order valence-corrected chi connectivity index (χ4v) is 5.22. The Kier molecular flexibility index (Phi) is 5.03. The van der Waals surface area contributed by atoms with Crippen molar-refractivity contribution in [1.29, 1.82) is 0 Å². The number of alkyl halides is 3. The summed E-state index contributed by atoms with van der Waals surface area (Å²) in [5.74, 6) is 0. The maximum Gasteiger partial charge on any atom is 0.417 e. The number of rotatable bonds is 4. The number of nitrogens with zero attached hydrogens (tertiary/aromatic N) is 2. The average Bonchev–Trinajstić information content (AvgIpc) is 3.11. The lowest BCUT2D eigenvalue weighted by molar-refractivity contribution is -0.139. The molecule has 140 valence electrons. The van der Waals surface area contributed by atoms with Crippen molar-refractivity contribution in [2.24, 2.45) is 0 Å². The molecule has 2 aromatic rings. The summed E-state index contributed by atoms with van der Waals surface area (Å²) < 4.78 is 71.6. The molecule has 1 aliphatic rings. The minimum Gasteiger partial charge on any atom is -0.381 e. The van der Waals surface area contributed by atoms with Crippen LogP contribution in [0.5, 0.6) is 0 Å². The summed E-state index contributed by atoms with van der Waals surface area (Å²) in [5.41, 5.74) is -0.583. The summed E-state index contributed by atoms with van der Waals surface area (Å²) >= 11 is 0. The Bertz CT molecular complexity index is 886. The average molecular weight is 386 g/mol. The van der Waals surface area contributed by atoms with E-state index in [1.54, 1.807) is 0 Å². The lowest BCUT2D eigenvalue weighted by atomic mass is 10.1. The Balaban J connectivity index is 2.07. The van der Waals surface area contributed by atoms with Crippen molar-refractivity contribution in [3.63, 3.8) is 0 Å². The second kappa shape index (κ2) is 6.96. The van der Waals surface area contributed by atoms with Crippen LogP contribution in [0.4, 0.5) is 13.2 Å². The topological polar surface area (TPSA) is 69.2 Å². The van der Waals surface area contributed by atoms with E-state index in [9.17, 15) is 21.6 Å². The largest absolute Gasteiger partial charge is 0.417 e. The molecule has 1 saturated carbocycles. The molecule has 0 unspecified atom stereocenters. The molecule has 1 heterocycles. The normalized spacial score (nSPS) is 21.1. The highest BCUT2D eigenvalue weighted by Crippen LogP contribution is 2.40. The molecular formula is C17H17F3N2O3S. The van der Waals surface area contributed by atoms with Crippen molar-refractivity contribution < 1.29 is 26.3 Å². The van der Waals surface area contributed by atoms with E-state index in [-0.39, 0.29) is 24.5 Å². The Labute approximate surface area is 149 Å². The molecule has 1 aromatic heterocycles. The summed E-state index contributed by atoms with van der Waals surface area (Å²) in [6.45, 7) is 0. The second-order valence-corrected chi connectivity index (χ2v) is 8.37. The molecule has 0 saturated heterocycles. The predicted molar refractivity (Wildman–Crippen MR) is 88.1 cm³/mol. The first-order valence-electron chi connectivity index (χ1n) is 7.97. The van der Waals surface area contributed by atoms with Gasteiger partial charge in [0.2, 0.25) is 0 Å². The SMILES string of the molecule is CO[C@@H]1CC[C@@H](S(=O)(=O)c2ccc(-c3cncnc3)cc2C(F)(F)F)C1. The van der Waals surface area contributed by atoms with Gasteiger partial charge in [0.25, 0.3) is 0 Å².